The fraction of sp³-hybridized carbons (Fsp3) is 0.636. The van der Waals surface area contributed by atoms with Crippen molar-refractivity contribution < 1.29 is 14.6 Å². The van der Waals surface area contributed by atoms with Crippen LogP contribution in [0.5, 0.6) is 0 Å². The zero-order valence-corrected chi connectivity index (χ0v) is 11.5. The summed E-state index contributed by atoms with van der Waals surface area (Å²) in [5, 5.41) is 15.9. The Kier molecular flexibility index (Phi) is 4.56. The SMILES string of the molecule is COCC(O)CNC(=O)c1sc(NC2CC2)nc1N. The molecule has 5 N–H and O–H groups in total. The first-order chi connectivity index (χ1) is 9.10. The number of nitrogen functional groups attached to an aromatic ring is 1. The Balaban J connectivity index is 1.88. The van der Waals surface area contributed by atoms with Crippen LogP contribution in [0.15, 0.2) is 0 Å². The molecule has 1 unspecified atom stereocenters. The van der Waals surface area contributed by atoms with Crippen molar-refractivity contribution in [2.75, 3.05) is 31.3 Å². The molecule has 1 heterocycles. The molecule has 0 radical (unpaired) electrons. The molecule has 8 heteroatoms. The Bertz CT molecular complexity index is 447. The number of nitrogens with one attached hydrogen (secondary N) is 2. The van der Waals surface area contributed by atoms with Crippen LogP contribution in [0, 0.1) is 0 Å². The number of anilines is 2. The second kappa shape index (κ2) is 6.18. The summed E-state index contributed by atoms with van der Waals surface area (Å²) in [6, 6.07) is 0.463. The van der Waals surface area contributed by atoms with Crippen molar-refractivity contribution in [2.24, 2.45) is 0 Å². The molecule has 7 nitrogen and oxygen atoms in total. The lowest BCUT2D eigenvalue weighted by molar-refractivity contribution is 0.0611. The normalized spacial score (nSPS) is 16.1. The number of ether oxygens (including phenoxy) is 1. The van der Waals surface area contributed by atoms with Gasteiger partial charge in [-0.2, -0.15) is 0 Å². The number of carbonyl (C=O) groups is 1. The monoisotopic (exact) mass is 286 g/mol. The minimum Gasteiger partial charge on any atom is -0.389 e. The summed E-state index contributed by atoms with van der Waals surface area (Å²) in [6.07, 6.45) is 1.53. The number of hydrogen-bond acceptors (Lipinski definition) is 7. The highest BCUT2D eigenvalue weighted by Crippen LogP contribution is 2.30. The molecule has 1 aliphatic rings. The van der Waals surface area contributed by atoms with Gasteiger partial charge < -0.3 is 26.2 Å². The third-order valence-electron chi connectivity index (χ3n) is 2.62. The molecule has 1 amide bonds. The first-order valence-corrected chi connectivity index (χ1v) is 6.90. The molecule has 0 spiro atoms. The number of nitrogens with two attached hydrogens (primary N) is 1. The lowest BCUT2D eigenvalue weighted by Crippen LogP contribution is -2.34. The summed E-state index contributed by atoms with van der Waals surface area (Å²) in [6.45, 7) is 0.294. The summed E-state index contributed by atoms with van der Waals surface area (Å²) >= 11 is 1.23. The maximum Gasteiger partial charge on any atom is 0.265 e. The van der Waals surface area contributed by atoms with Gasteiger partial charge in [-0.15, -0.1) is 0 Å². The van der Waals surface area contributed by atoms with E-state index < -0.39 is 6.10 Å². The molecule has 1 fully saturated rings. The van der Waals surface area contributed by atoms with Crippen LogP contribution < -0.4 is 16.4 Å². The lowest BCUT2D eigenvalue weighted by Gasteiger charge is -2.09. The van der Waals surface area contributed by atoms with Gasteiger partial charge >= 0.3 is 0 Å². The highest BCUT2D eigenvalue weighted by molar-refractivity contribution is 7.18. The molecule has 1 aliphatic carbocycles. The van der Waals surface area contributed by atoms with E-state index in [0.717, 1.165) is 12.8 Å². The number of hydrogen-bond donors (Lipinski definition) is 4. The smallest absolute Gasteiger partial charge is 0.265 e. The van der Waals surface area contributed by atoms with Gasteiger partial charge in [0.1, 0.15) is 10.7 Å². The molecule has 19 heavy (non-hydrogen) atoms. The Morgan fingerprint density at radius 1 is 1.68 bits per heavy atom. The second-order valence-corrected chi connectivity index (χ2v) is 5.47. The van der Waals surface area contributed by atoms with Crippen molar-refractivity contribution in [3.05, 3.63) is 4.88 Å². The molecule has 0 aromatic carbocycles. The summed E-state index contributed by atoms with van der Waals surface area (Å²) < 4.78 is 4.77. The van der Waals surface area contributed by atoms with Crippen LogP contribution in [-0.2, 0) is 4.74 Å². The van der Waals surface area contributed by atoms with E-state index in [1.165, 1.54) is 18.4 Å². The summed E-state index contributed by atoms with van der Waals surface area (Å²) in [5.41, 5.74) is 5.71. The molecule has 0 aliphatic heterocycles. The van der Waals surface area contributed by atoms with Crippen molar-refractivity contribution in [1.29, 1.82) is 0 Å². The third-order valence-corrected chi connectivity index (χ3v) is 3.62. The Hall–Kier alpha value is -1.38. The van der Waals surface area contributed by atoms with Crippen molar-refractivity contribution in [1.82, 2.24) is 10.3 Å². The molecule has 1 aromatic heterocycles. The number of thiazole rings is 1. The van der Waals surface area contributed by atoms with Crippen LogP contribution in [0.1, 0.15) is 22.5 Å². The van der Waals surface area contributed by atoms with Gasteiger partial charge in [0.15, 0.2) is 5.13 Å². The highest BCUT2D eigenvalue weighted by Gasteiger charge is 2.24. The van der Waals surface area contributed by atoms with E-state index in [1.54, 1.807) is 0 Å². The van der Waals surface area contributed by atoms with E-state index in [-0.39, 0.29) is 24.9 Å². The van der Waals surface area contributed by atoms with E-state index in [9.17, 15) is 9.90 Å². The minimum absolute atomic E-state index is 0.120. The summed E-state index contributed by atoms with van der Waals surface area (Å²) in [5.74, 6) is -0.110. The predicted molar refractivity (Wildman–Crippen MR) is 73.4 cm³/mol. The van der Waals surface area contributed by atoms with Gasteiger partial charge in [-0.1, -0.05) is 11.3 Å². The molecule has 1 saturated carbocycles. The number of aliphatic hydroxyl groups is 1. The number of aliphatic hydroxyl groups excluding tert-OH is 1. The van der Waals surface area contributed by atoms with E-state index in [2.05, 4.69) is 15.6 Å². The Morgan fingerprint density at radius 3 is 3.05 bits per heavy atom. The van der Waals surface area contributed by atoms with Gasteiger partial charge in [-0.25, -0.2) is 4.98 Å². The molecular weight excluding hydrogens is 268 g/mol. The first-order valence-electron chi connectivity index (χ1n) is 6.08. The van der Waals surface area contributed by atoms with E-state index in [0.29, 0.717) is 16.1 Å². The lowest BCUT2D eigenvalue weighted by atomic mass is 10.3. The second-order valence-electron chi connectivity index (χ2n) is 4.47. The summed E-state index contributed by atoms with van der Waals surface area (Å²) in [4.78, 5) is 16.4. The third kappa shape index (κ3) is 4.05. The fourth-order valence-corrected chi connectivity index (χ4v) is 2.38. The van der Waals surface area contributed by atoms with Crippen LogP contribution >= 0.6 is 11.3 Å². The summed E-state index contributed by atoms with van der Waals surface area (Å²) in [7, 11) is 1.49. The van der Waals surface area contributed by atoms with Crippen LogP contribution in [0.4, 0.5) is 10.9 Å². The van der Waals surface area contributed by atoms with Crippen LogP contribution in [0.3, 0.4) is 0 Å². The van der Waals surface area contributed by atoms with Crippen molar-refractivity contribution in [3.8, 4) is 0 Å². The van der Waals surface area contributed by atoms with Gasteiger partial charge in [-0.05, 0) is 12.8 Å². The van der Waals surface area contributed by atoms with E-state index in [1.807, 2.05) is 0 Å². The number of methoxy groups -OCH3 is 1. The average Bonchev–Trinajstić information content (AvgIpc) is 3.09. The standard InChI is InChI=1S/C11H18N4O3S/c1-18-5-7(16)4-13-10(17)8-9(12)15-11(19-8)14-6-2-3-6/h6-7,16H,2-5,12H2,1H3,(H,13,17)(H,14,15). The van der Waals surface area contributed by atoms with Gasteiger partial charge in [0, 0.05) is 19.7 Å². The number of rotatable bonds is 7. The van der Waals surface area contributed by atoms with Crippen LogP contribution in [-0.4, -0.2) is 48.4 Å². The minimum atomic E-state index is -0.729. The van der Waals surface area contributed by atoms with Gasteiger partial charge in [0.25, 0.3) is 5.91 Å². The number of nitrogens with zero attached hydrogens (tertiary/aromatic N) is 1. The van der Waals surface area contributed by atoms with Gasteiger partial charge in [0.2, 0.25) is 0 Å². The molecule has 2 rings (SSSR count). The largest absolute Gasteiger partial charge is 0.389 e. The molecule has 0 bridgehead atoms. The van der Waals surface area contributed by atoms with Crippen LogP contribution in [0.2, 0.25) is 0 Å². The molecule has 1 aromatic rings. The number of carbonyl (C=O) groups excluding carboxylic acids is 1. The van der Waals surface area contributed by atoms with Crippen molar-refractivity contribution in [2.45, 2.75) is 25.0 Å². The highest BCUT2D eigenvalue weighted by atomic mass is 32.1. The predicted octanol–water partition coefficient (Wildman–Crippen LogP) is 0.0367. The van der Waals surface area contributed by atoms with Crippen molar-refractivity contribution in [3.63, 3.8) is 0 Å². The molecule has 0 saturated heterocycles. The number of aromatic nitrogens is 1. The quantitative estimate of drug-likeness (QED) is 0.563. The van der Waals surface area contributed by atoms with Gasteiger partial charge in [0.05, 0.1) is 12.7 Å². The maximum atomic E-state index is 11.9. The zero-order valence-electron chi connectivity index (χ0n) is 10.7. The van der Waals surface area contributed by atoms with Gasteiger partial charge in [-0.3, -0.25) is 4.79 Å². The zero-order chi connectivity index (χ0) is 13.8. The number of amides is 1. The molecule has 106 valence electrons. The average molecular weight is 286 g/mol. The first kappa shape index (κ1) is 14.0. The maximum absolute atomic E-state index is 11.9. The molecular formula is C11H18N4O3S. The Morgan fingerprint density at radius 2 is 2.42 bits per heavy atom. The van der Waals surface area contributed by atoms with Crippen LogP contribution in [0.25, 0.3) is 0 Å². The molecule has 1 atom stereocenters. The van der Waals surface area contributed by atoms with E-state index >= 15 is 0 Å². The fourth-order valence-electron chi connectivity index (χ4n) is 1.50. The van der Waals surface area contributed by atoms with Crippen molar-refractivity contribution >= 4 is 28.2 Å². The van der Waals surface area contributed by atoms with E-state index in [4.69, 9.17) is 10.5 Å². The topological polar surface area (TPSA) is 110 Å². The Labute approximate surface area is 115 Å².